The van der Waals surface area contributed by atoms with Crippen molar-refractivity contribution in [3.8, 4) is 5.75 Å². The molecule has 21 heavy (non-hydrogen) atoms. The minimum atomic E-state index is 0.389. The summed E-state index contributed by atoms with van der Waals surface area (Å²) in [6, 6.07) is 9.77. The third-order valence-corrected chi connectivity index (χ3v) is 4.49. The van der Waals surface area contributed by atoms with Crippen LogP contribution in [0.5, 0.6) is 5.75 Å². The van der Waals surface area contributed by atoms with Gasteiger partial charge in [0.1, 0.15) is 30.8 Å². The summed E-state index contributed by atoms with van der Waals surface area (Å²) < 4.78 is 17.1. The second-order valence-corrected chi connectivity index (χ2v) is 6.08. The van der Waals surface area contributed by atoms with E-state index in [0.717, 1.165) is 23.3 Å². The molecule has 2 saturated carbocycles. The van der Waals surface area contributed by atoms with Gasteiger partial charge < -0.3 is 14.2 Å². The first-order chi connectivity index (χ1) is 10.3. The van der Waals surface area contributed by atoms with E-state index in [1.807, 2.05) is 30.3 Å². The fraction of sp³-hybridized carbons (Fsp3) is 0.556. The Morgan fingerprint density at radius 2 is 1.95 bits per heavy atom. The number of fused-ring (bicyclic) bond motifs is 2. The number of rotatable bonds is 8. The Kier molecular flexibility index (Phi) is 4.81. The molecule has 0 radical (unpaired) electrons. The van der Waals surface area contributed by atoms with Crippen LogP contribution in [0.2, 0.25) is 0 Å². The molecule has 2 aliphatic rings. The van der Waals surface area contributed by atoms with E-state index in [1.165, 1.54) is 25.7 Å². The normalized spacial score (nSPS) is 26.8. The first-order valence-corrected chi connectivity index (χ1v) is 7.91. The van der Waals surface area contributed by atoms with E-state index in [2.05, 4.69) is 6.58 Å². The zero-order chi connectivity index (χ0) is 14.5. The van der Waals surface area contributed by atoms with Gasteiger partial charge in [-0.3, -0.25) is 0 Å². The lowest BCUT2D eigenvalue weighted by Crippen LogP contribution is -2.21. The largest absolute Gasteiger partial charge is 0.493 e. The zero-order valence-corrected chi connectivity index (χ0v) is 12.5. The maximum atomic E-state index is 5.95. The van der Waals surface area contributed by atoms with E-state index >= 15 is 0 Å². The molecule has 3 unspecified atom stereocenters. The predicted molar refractivity (Wildman–Crippen MR) is 82.2 cm³/mol. The molecule has 0 aromatic heterocycles. The van der Waals surface area contributed by atoms with E-state index in [1.54, 1.807) is 0 Å². The third kappa shape index (κ3) is 4.01. The lowest BCUT2D eigenvalue weighted by molar-refractivity contribution is 0.0267. The van der Waals surface area contributed by atoms with Crippen molar-refractivity contribution in [3.63, 3.8) is 0 Å². The van der Waals surface area contributed by atoms with Crippen molar-refractivity contribution in [3.05, 3.63) is 42.7 Å². The first kappa shape index (κ1) is 14.5. The van der Waals surface area contributed by atoms with Crippen molar-refractivity contribution in [1.29, 1.82) is 0 Å². The van der Waals surface area contributed by atoms with Crippen LogP contribution in [-0.4, -0.2) is 25.9 Å². The standard InChI is InChI=1S/C18H24O3/c1-14(21-18-12-15-7-8-16(18)11-15)13-19-9-10-20-17-5-3-2-4-6-17/h2-6,15-16,18H,1,7-13H2. The Hall–Kier alpha value is -1.48. The van der Waals surface area contributed by atoms with Crippen molar-refractivity contribution < 1.29 is 14.2 Å². The minimum Gasteiger partial charge on any atom is -0.493 e. The highest BCUT2D eigenvalue weighted by Gasteiger charge is 2.40. The number of hydrogen-bond donors (Lipinski definition) is 0. The molecule has 1 aromatic rings. The lowest BCUT2D eigenvalue weighted by Gasteiger charge is -2.24. The summed E-state index contributed by atoms with van der Waals surface area (Å²) in [6.07, 6.45) is 5.67. The predicted octanol–water partition coefficient (Wildman–Crippen LogP) is 3.80. The fourth-order valence-corrected chi connectivity index (χ4v) is 3.50. The highest BCUT2D eigenvalue weighted by molar-refractivity contribution is 5.20. The van der Waals surface area contributed by atoms with E-state index in [4.69, 9.17) is 14.2 Å². The molecule has 3 rings (SSSR count). The molecule has 3 atom stereocenters. The number of hydrogen-bond acceptors (Lipinski definition) is 3. The van der Waals surface area contributed by atoms with Gasteiger partial charge in [-0.2, -0.15) is 0 Å². The van der Waals surface area contributed by atoms with Crippen LogP contribution in [0, 0.1) is 11.8 Å². The summed E-state index contributed by atoms with van der Waals surface area (Å²) in [5.41, 5.74) is 0. The second-order valence-electron chi connectivity index (χ2n) is 6.08. The number of para-hydroxylation sites is 1. The van der Waals surface area contributed by atoms with Gasteiger partial charge in [-0.05, 0) is 49.7 Å². The summed E-state index contributed by atoms with van der Waals surface area (Å²) in [5, 5.41) is 0. The van der Waals surface area contributed by atoms with Gasteiger partial charge in [0.25, 0.3) is 0 Å². The van der Waals surface area contributed by atoms with Crippen molar-refractivity contribution >= 4 is 0 Å². The molecule has 0 saturated heterocycles. The molecule has 2 aliphatic carbocycles. The third-order valence-electron chi connectivity index (χ3n) is 4.49. The summed E-state index contributed by atoms with van der Waals surface area (Å²) in [4.78, 5) is 0. The molecule has 114 valence electrons. The van der Waals surface area contributed by atoms with Gasteiger partial charge in [0.15, 0.2) is 0 Å². The topological polar surface area (TPSA) is 27.7 Å². The average molecular weight is 288 g/mol. The highest BCUT2D eigenvalue weighted by Crippen LogP contribution is 2.46. The van der Waals surface area contributed by atoms with Gasteiger partial charge in [0, 0.05) is 0 Å². The summed E-state index contributed by atoms with van der Waals surface area (Å²) in [6.45, 7) is 5.53. The maximum Gasteiger partial charge on any atom is 0.119 e. The van der Waals surface area contributed by atoms with Crippen LogP contribution in [-0.2, 0) is 9.47 Å². The summed E-state index contributed by atoms with van der Waals surface area (Å²) >= 11 is 0. The molecular formula is C18H24O3. The average Bonchev–Trinajstić information content (AvgIpc) is 3.10. The molecular weight excluding hydrogens is 264 g/mol. The van der Waals surface area contributed by atoms with Gasteiger partial charge in [0.05, 0.1) is 6.61 Å². The summed E-state index contributed by atoms with van der Waals surface area (Å²) in [7, 11) is 0. The Bertz CT molecular complexity index is 457. The first-order valence-electron chi connectivity index (χ1n) is 7.91. The minimum absolute atomic E-state index is 0.389. The molecule has 2 bridgehead atoms. The lowest BCUT2D eigenvalue weighted by atomic mass is 9.98. The van der Waals surface area contributed by atoms with E-state index < -0.39 is 0 Å². The second kappa shape index (κ2) is 6.99. The van der Waals surface area contributed by atoms with E-state index in [0.29, 0.717) is 25.9 Å². The van der Waals surface area contributed by atoms with Gasteiger partial charge in [-0.15, -0.1) is 0 Å². The molecule has 0 aliphatic heterocycles. The SMILES string of the molecule is C=C(COCCOc1ccccc1)OC1CC2CCC1C2. The van der Waals surface area contributed by atoms with E-state index in [9.17, 15) is 0 Å². The highest BCUT2D eigenvalue weighted by atomic mass is 16.5. The fourth-order valence-electron chi connectivity index (χ4n) is 3.50. The quantitative estimate of drug-likeness (QED) is 0.538. The monoisotopic (exact) mass is 288 g/mol. The Morgan fingerprint density at radius 1 is 1.10 bits per heavy atom. The van der Waals surface area contributed by atoms with Crippen molar-refractivity contribution in [2.45, 2.75) is 31.8 Å². The summed E-state index contributed by atoms with van der Waals surface area (Å²) in [5.74, 6) is 3.28. The number of benzene rings is 1. The van der Waals surface area contributed by atoms with Gasteiger partial charge in [0.2, 0.25) is 0 Å². The van der Waals surface area contributed by atoms with Gasteiger partial charge >= 0.3 is 0 Å². The van der Waals surface area contributed by atoms with Crippen molar-refractivity contribution in [1.82, 2.24) is 0 Å². The van der Waals surface area contributed by atoms with Crippen LogP contribution in [0.4, 0.5) is 0 Å². The molecule has 1 aromatic carbocycles. The molecule has 2 fully saturated rings. The molecule has 0 amide bonds. The maximum absolute atomic E-state index is 5.95. The van der Waals surface area contributed by atoms with Crippen LogP contribution >= 0.6 is 0 Å². The Morgan fingerprint density at radius 3 is 2.67 bits per heavy atom. The molecule has 3 nitrogen and oxygen atoms in total. The molecule has 0 N–H and O–H groups in total. The van der Waals surface area contributed by atoms with Crippen molar-refractivity contribution in [2.75, 3.05) is 19.8 Å². The van der Waals surface area contributed by atoms with Crippen LogP contribution < -0.4 is 4.74 Å². The van der Waals surface area contributed by atoms with Gasteiger partial charge in [-0.1, -0.05) is 24.8 Å². The van der Waals surface area contributed by atoms with E-state index in [-0.39, 0.29) is 0 Å². The smallest absolute Gasteiger partial charge is 0.119 e. The van der Waals surface area contributed by atoms with Crippen LogP contribution in [0.1, 0.15) is 25.7 Å². The van der Waals surface area contributed by atoms with Crippen LogP contribution in [0.15, 0.2) is 42.7 Å². The molecule has 0 spiro atoms. The van der Waals surface area contributed by atoms with Crippen LogP contribution in [0.25, 0.3) is 0 Å². The van der Waals surface area contributed by atoms with Crippen molar-refractivity contribution in [2.24, 2.45) is 11.8 Å². The molecule has 3 heteroatoms. The Balaban J connectivity index is 1.26. The van der Waals surface area contributed by atoms with Crippen LogP contribution in [0.3, 0.4) is 0 Å². The number of ether oxygens (including phenoxy) is 3. The van der Waals surface area contributed by atoms with Gasteiger partial charge in [-0.25, -0.2) is 0 Å². The molecule has 0 heterocycles. The Labute approximate surface area is 126 Å². The zero-order valence-electron chi connectivity index (χ0n) is 12.5.